The van der Waals surface area contributed by atoms with Crippen LogP contribution in [0.25, 0.3) is 0 Å². The number of hydrogen-bond acceptors (Lipinski definition) is 4. The minimum absolute atomic E-state index is 0.337. The molecular weight excluding hydrogens is 258 g/mol. The van der Waals surface area contributed by atoms with E-state index in [1.165, 1.54) is 0 Å². The van der Waals surface area contributed by atoms with Gasteiger partial charge in [0.15, 0.2) is 11.5 Å². The van der Waals surface area contributed by atoms with Crippen molar-refractivity contribution in [1.82, 2.24) is 4.90 Å². The van der Waals surface area contributed by atoms with Gasteiger partial charge in [-0.3, -0.25) is 0 Å². The van der Waals surface area contributed by atoms with E-state index < -0.39 is 0 Å². The summed E-state index contributed by atoms with van der Waals surface area (Å²) in [7, 11) is 3.23. The highest BCUT2D eigenvalue weighted by Crippen LogP contribution is 2.30. The van der Waals surface area contributed by atoms with E-state index in [1.807, 2.05) is 18.2 Å². The van der Waals surface area contributed by atoms with Crippen molar-refractivity contribution in [2.24, 2.45) is 5.73 Å². The minimum Gasteiger partial charge on any atom is -0.493 e. The molecule has 0 bridgehead atoms. The summed E-state index contributed by atoms with van der Waals surface area (Å²) in [6, 6.07) is 5.75. The quantitative estimate of drug-likeness (QED) is 0.878. The normalized spacial score (nSPS) is 15.8. The third-order valence-electron chi connectivity index (χ3n) is 3.56. The standard InChI is InChI=1S/C14H21N3O3/c1-19-12-4-3-11(9-13(12)20-2)16-10-5-7-17(8-6-10)14(15)18/h3-4,9-10,16H,5-8H2,1-2H3,(H2,15,18). The lowest BCUT2D eigenvalue weighted by Crippen LogP contribution is -2.44. The number of anilines is 1. The molecule has 2 amide bonds. The van der Waals surface area contributed by atoms with Crippen molar-refractivity contribution in [3.8, 4) is 11.5 Å². The van der Waals surface area contributed by atoms with E-state index in [2.05, 4.69) is 5.32 Å². The average molecular weight is 279 g/mol. The highest BCUT2D eigenvalue weighted by Gasteiger charge is 2.21. The number of amides is 2. The maximum absolute atomic E-state index is 11.1. The van der Waals surface area contributed by atoms with Crippen LogP contribution in [-0.2, 0) is 0 Å². The van der Waals surface area contributed by atoms with Gasteiger partial charge >= 0.3 is 6.03 Å². The Morgan fingerprint density at radius 1 is 1.25 bits per heavy atom. The fraction of sp³-hybridized carbons (Fsp3) is 0.500. The maximum atomic E-state index is 11.1. The number of carbonyl (C=O) groups is 1. The van der Waals surface area contributed by atoms with E-state index in [0.717, 1.165) is 18.5 Å². The van der Waals surface area contributed by atoms with Gasteiger partial charge in [-0.15, -0.1) is 0 Å². The molecule has 0 saturated carbocycles. The van der Waals surface area contributed by atoms with Gasteiger partial charge in [0.2, 0.25) is 0 Å². The molecule has 6 heteroatoms. The van der Waals surface area contributed by atoms with E-state index in [0.29, 0.717) is 30.6 Å². The van der Waals surface area contributed by atoms with Crippen LogP contribution in [0.1, 0.15) is 12.8 Å². The van der Waals surface area contributed by atoms with Crippen LogP contribution < -0.4 is 20.5 Å². The van der Waals surface area contributed by atoms with Crippen molar-refractivity contribution in [2.75, 3.05) is 32.6 Å². The van der Waals surface area contributed by atoms with Gasteiger partial charge in [0.25, 0.3) is 0 Å². The zero-order valence-electron chi connectivity index (χ0n) is 11.9. The van der Waals surface area contributed by atoms with Gasteiger partial charge in [-0.05, 0) is 25.0 Å². The van der Waals surface area contributed by atoms with Crippen LogP contribution in [0.3, 0.4) is 0 Å². The number of urea groups is 1. The first kappa shape index (κ1) is 14.3. The molecule has 6 nitrogen and oxygen atoms in total. The first-order valence-electron chi connectivity index (χ1n) is 6.67. The summed E-state index contributed by atoms with van der Waals surface area (Å²) in [5.41, 5.74) is 6.26. The van der Waals surface area contributed by atoms with Crippen molar-refractivity contribution in [1.29, 1.82) is 0 Å². The molecule has 1 saturated heterocycles. The number of piperidine rings is 1. The van der Waals surface area contributed by atoms with Gasteiger partial charge in [0.1, 0.15) is 0 Å². The maximum Gasteiger partial charge on any atom is 0.314 e. The van der Waals surface area contributed by atoms with Crippen LogP contribution in [0, 0.1) is 0 Å². The number of rotatable bonds is 4. The van der Waals surface area contributed by atoms with E-state index in [9.17, 15) is 4.79 Å². The molecular formula is C14H21N3O3. The number of nitrogens with two attached hydrogens (primary N) is 1. The van der Waals surface area contributed by atoms with E-state index >= 15 is 0 Å². The van der Waals surface area contributed by atoms with Crippen molar-refractivity contribution in [3.05, 3.63) is 18.2 Å². The minimum atomic E-state index is -0.338. The number of carbonyl (C=O) groups excluding carboxylic acids is 1. The lowest BCUT2D eigenvalue weighted by Gasteiger charge is -2.31. The molecule has 1 heterocycles. The van der Waals surface area contributed by atoms with Gasteiger partial charge in [0.05, 0.1) is 14.2 Å². The van der Waals surface area contributed by atoms with Gasteiger partial charge in [-0.25, -0.2) is 4.79 Å². The molecule has 20 heavy (non-hydrogen) atoms. The highest BCUT2D eigenvalue weighted by atomic mass is 16.5. The summed E-state index contributed by atoms with van der Waals surface area (Å²) in [6.45, 7) is 1.39. The Morgan fingerprint density at radius 3 is 2.45 bits per heavy atom. The van der Waals surface area contributed by atoms with Crippen molar-refractivity contribution >= 4 is 11.7 Å². The van der Waals surface area contributed by atoms with E-state index in [1.54, 1.807) is 19.1 Å². The molecule has 3 N–H and O–H groups in total. The Kier molecular flexibility index (Phi) is 4.55. The van der Waals surface area contributed by atoms with Crippen molar-refractivity contribution in [3.63, 3.8) is 0 Å². The van der Waals surface area contributed by atoms with Gasteiger partial charge in [-0.2, -0.15) is 0 Å². The van der Waals surface area contributed by atoms with Gasteiger partial charge < -0.3 is 25.4 Å². The SMILES string of the molecule is COc1ccc(NC2CCN(C(N)=O)CC2)cc1OC. The fourth-order valence-corrected chi connectivity index (χ4v) is 2.41. The molecule has 0 aliphatic carbocycles. The molecule has 1 fully saturated rings. The van der Waals surface area contributed by atoms with Gasteiger partial charge in [0, 0.05) is 30.9 Å². The highest BCUT2D eigenvalue weighted by molar-refractivity contribution is 5.72. The van der Waals surface area contributed by atoms with E-state index in [-0.39, 0.29) is 6.03 Å². The molecule has 2 rings (SSSR count). The summed E-state index contributed by atoms with van der Waals surface area (Å²) in [4.78, 5) is 12.7. The van der Waals surface area contributed by atoms with Crippen LogP contribution >= 0.6 is 0 Å². The third kappa shape index (κ3) is 3.26. The fourth-order valence-electron chi connectivity index (χ4n) is 2.41. The molecule has 110 valence electrons. The van der Waals surface area contributed by atoms with Crippen molar-refractivity contribution in [2.45, 2.75) is 18.9 Å². The number of benzene rings is 1. The zero-order chi connectivity index (χ0) is 14.5. The number of hydrogen-bond donors (Lipinski definition) is 2. The summed E-state index contributed by atoms with van der Waals surface area (Å²) in [5, 5.41) is 3.45. The van der Waals surface area contributed by atoms with E-state index in [4.69, 9.17) is 15.2 Å². The van der Waals surface area contributed by atoms with Crippen LogP contribution in [-0.4, -0.2) is 44.3 Å². The molecule has 1 aliphatic rings. The molecule has 1 aromatic carbocycles. The monoisotopic (exact) mass is 279 g/mol. The Labute approximate surface area is 118 Å². The predicted molar refractivity (Wildman–Crippen MR) is 77.3 cm³/mol. The van der Waals surface area contributed by atoms with Crippen molar-refractivity contribution < 1.29 is 14.3 Å². The average Bonchev–Trinajstić information content (AvgIpc) is 2.47. The molecule has 1 aromatic rings. The van der Waals surface area contributed by atoms with Gasteiger partial charge in [-0.1, -0.05) is 0 Å². The second-order valence-electron chi connectivity index (χ2n) is 4.81. The van der Waals surface area contributed by atoms with Crippen LogP contribution in [0.2, 0.25) is 0 Å². The zero-order valence-corrected chi connectivity index (χ0v) is 11.9. The molecule has 0 spiro atoms. The Morgan fingerprint density at radius 2 is 1.90 bits per heavy atom. The topological polar surface area (TPSA) is 76.8 Å². The smallest absolute Gasteiger partial charge is 0.314 e. The summed E-state index contributed by atoms with van der Waals surface area (Å²) in [5.74, 6) is 1.41. The summed E-state index contributed by atoms with van der Waals surface area (Å²) < 4.78 is 10.5. The predicted octanol–water partition coefficient (Wildman–Crippen LogP) is 1.66. The molecule has 1 aliphatic heterocycles. The summed E-state index contributed by atoms with van der Waals surface area (Å²) in [6.07, 6.45) is 1.77. The van der Waals surface area contributed by atoms with Crippen LogP contribution in [0.5, 0.6) is 11.5 Å². The Balaban J connectivity index is 1.96. The second kappa shape index (κ2) is 6.36. The number of primary amides is 1. The van der Waals surface area contributed by atoms with Crippen LogP contribution in [0.15, 0.2) is 18.2 Å². The number of nitrogens with one attached hydrogen (secondary N) is 1. The second-order valence-corrected chi connectivity index (χ2v) is 4.81. The lowest BCUT2D eigenvalue weighted by molar-refractivity contribution is 0.193. The molecule has 0 aromatic heterocycles. The largest absolute Gasteiger partial charge is 0.493 e. The number of nitrogens with zero attached hydrogens (tertiary/aromatic N) is 1. The number of ether oxygens (including phenoxy) is 2. The first-order chi connectivity index (χ1) is 9.63. The Bertz CT molecular complexity index is 471. The third-order valence-corrected chi connectivity index (χ3v) is 3.56. The number of methoxy groups -OCH3 is 2. The molecule has 0 unspecified atom stereocenters. The first-order valence-corrected chi connectivity index (χ1v) is 6.67. The molecule has 0 radical (unpaired) electrons. The Hall–Kier alpha value is -2.11. The summed E-state index contributed by atoms with van der Waals surface area (Å²) >= 11 is 0. The van der Waals surface area contributed by atoms with Crippen LogP contribution in [0.4, 0.5) is 10.5 Å². The molecule has 0 atom stereocenters. The number of likely N-dealkylation sites (tertiary alicyclic amines) is 1. The lowest BCUT2D eigenvalue weighted by atomic mass is 10.0.